The molecule has 2 aromatic carbocycles. The molecular formula is C18H19NO. The maximum atomic E-state index is 11.6. The fourth-order valence-corrected chi connectivity index (χ4v) is 2.06. The van der Waals surface area contributed by atoms with Crippen molar-refractivity contribution in [3.63, 3.8) is 0 Å². The lowest BCUT2D eigenvalue weighted by Crippen LogP contribution is -1.97. The Morgan fingerprint density at radius 1 is 0.950 bits per heavy atom. The zero-order valence-electron chi connectivity index (χ0n) is 11.7. The average molecular weight is 265 g/mol. The minimum absolute atomic E-state index is 0.0578. The van der Waals surface area contributed by atoms with E-state index < -0.39 is 0 Å². The molecule has 0 radical (unpaired) electrons. The minimum Gasteiger partial charge on any atom is -0.404 e. The number of rotatable bonds is 5. The number of nitrogens with two attached hydrogens (primary N) is 1. The van der Waals surface area contributed by atoms with E-state index in [4.69, 9.17) is 5.73 Å². The van der Waals surface area contributed by atoms with Crippen LogP contribution in [0.2, 0.25) is 0 Å². The van der Waals surface area contributed by atoms with Gasteiger partial charge in [0, 0.05) is 11.6 Å². The molecule has 0 atom stereocenters. The molecule has 0 unspecified atom stereocenters. The van der Waals surface area contributed by atoms with Gasteiger partial charge in [-0.05, 0) is 37.1 Å². The van der Waals surface area contributed by atoms with Gasteiger partial charge < -0.3 is 5.73 Å². The topological polar surface area (TPSA) is 43.1 Å². The van der Waals surface area contributed by atoms with Crippen molar-refractivity contribution in [3.8, 4) is 0 Å². The van der Waals surface area contributed by atoms with E-state index in [9.17, 15) is 4.79 Å². The fourth-order valence-electron chi connectivity index (χ4n) is 2.06. The van der Waals surface area contributed by atoms with Crippen molar-refractivity contribution < 1.29 is 4.79 Å². The summed E-state index contributed by atoms with van der Waals surface area (Å²) in [5.41, 5.74) is 9.74. The third kappa shape index (κ3) is 3.82. The quantitative estimate of drug-likeness (QED) is 0.665. The number of aryl methyl sites for hydroxylation is 3. The van der Waals surface area contributed by atoms with E-state index in [2.05, 4.69) is 31.2 Å². The molecule has 0 amide bonds. The number of hydrogen-bond donors (Lipinski definition) is 1. The summed E-state index contributed by atoms with van der Waals surface area (Å²) in [6.07, 6.45) is 4.63. The molecule has 0 heterocycles. The van der Waals surface area contributed by atoms with Crippen molar-refractivity contribution >= 4 is 5.78 Å². The monoisotopic (exact) mass is 265 g/mol. The summed E-state index contributed by atoms with van der Waals surface area (Å²) in [6, 6.07) is 16.3. The van der Waals surface area contributed by atoms with Crippen LogP contribution in [-0.4, -0.2) is 5.78 Å². The van der Waals surface area contributed by atoms with Gasteiger partial charge in [-0.25, -0.2) is 0 Å². The Hall–Kier alpha value is -2.35. The van der Waals surface area contributed by atoms with Gasteiger partial charge in [0.25, 0.3) is 0 Å². The number of carbonyl (C=O) groups is 1. The molecule has 0 aliphatic carbocycles. The number of carbonyl (C=O) groups excluding carboxylic acids is 1. The second kappa shape index (κ2) is 6.71. The first kappa shape index (κ1) is 14.1. The van der Waals surface area contributed by atoms with Crippen molar-refractivity contribution in [2.24, 2.45) is 5.73 Å². The highest BCUT2D eigenvalue weighted by Crippen LogP contribution is 2.11. The van der Waals surface area contributed by atoms with Crippen LogP contribution in [0.3, 0.4) is 0 Å². The average Bonchev–Trinajstić information content (AvgIpc) is 2.47. The summed E-state index contributed by atoms with van der Waals surface area (Å²) in [5, 5.41) is 0. The highest BCUT2D eigenvalue weighted by Gasteiger charge is 2.01. The van der Waals surface area contributed by atoms with Crippen molar-refractivity contribution in [1.29, 1.82) is 0 Å². The Kier molecular flexibility index (Phi) is 4.72. The Bertz CT molecular complexity index is 594. The van der Waals surface area contributed by atoms with Crippen molar-refractivity contribution in [3.05, 3.63) is 83.1 Å². The molecule has 20 heavy (non-hydrogen) atoms. The van der Waals surface area contributed by atoms with Gasteiger partial charge >= 0.3 is 0 Å². The highest BCUT2D eigenvalue weighted by molar-refractivity contribution is 6.04. The molecule has 0 bridgehead atoms. The summed E-state index contributed by atoms with van der Waals surface area (Å²) in [5.74, 6) is -0.0578. The van der Waals surface area contributed by atoms with E-state index in [0.29, 0.717) is 5.56 Å². The maximum absolute atomic E-state index is 11.6. The summed E-state index contributed by atoms with van der Waals surface area (Å²) >= 11 is 0. The van der Waals surface area contributed by atoms with E-state index in [0.717, 1.165) is 12.8 Å². The van der Waals surface area contributed by atoms with Gasteiger partial charge in [-0.3, -0.25) is 4.79 Å². The van der Waals surface area contributed by atoms with Crippen molar-refractivity contribution in [1.82, 2.24) is 0 Å². The maximum Gasteiger partial charge on any atom is 0.187 e. The molecule has 2 heteroatoms. The van der Waals surface area contributed by atoms with Gasteiger partial charge in [0.2, 0.25) is 0 Å². The van der Waals surface area contributed by atoms with Gasteiger partial charge in [-0.15, -0.1) is 0 Å². The molecule has 0 saturated heterocycles. The molecule has 0 aromatic heterocycles. The van der Waals surface area contributed by atoms with E-state index >= 15 is 0 Å². The summed E-state index contributed by atoms with van der Waals surface area (Å²) < 4.78 is 0. The fraction of sp³-hybridized carbons (Fsp3) is 0.167. The first-order valence-corrected chi connectivity index (χ1v) is 6.76. The number of allylic oxidation sites excluding steroid dienone is 1. The van der Waals surface area contributed by atoms with Crippen LogP contribution in [0.15, 0.2) is 60.8 Å². The summed E-state index contributed by atoms with van der Waals surface area (Å²) in [7, 11) is 0. The van der Waals surface area contributed by atoms with Gasteiger partial charge in [0.1, 0.15) is 0 Å². The first-order chi connectivity index (χ1) is 9.69. The smallest absolute Gasteiger partial charge is 0.187 e. The van der Waals surface area contributed by atoms with Crippen LogP contribution < -0.4 is 5.73 Å². The largest absolute Gasteiger partial charge is 0.404 e. The lowest BCUT2D eigenvalue weighted by molar-refractivity contribution is 0.104. The van der Waals surface area contributed by atoms with Crippen LogP contribution in [-0.2, 0) is 12.8 Å². The summed E-state index contributed by atoms with van der Waals surface area (Å²) in [4.78, 5) is 11.6. The Balaban J connectivity index is 1.97. The van der Waals surface area contributed by atoms with Gasteiger partial charge in [0.05, 0.1) is 0 Å². The lowest BCUT2D eigenvalue weighted by atomic mass is 10.0. The van der Waals surface area contributed by atoms with Crippen LogP contribution in [0.5, 0.6) is 0 Å². The van der Waals surface area contributed by atoms with Gasteiger partial charge in [-0.1, -0.05) is 54.1 Å². The second-order valence-electron chi connectivity index (χ2n) is 4.91. The van der Waals surface area contributed by atoms with E-state index in [1.54, 1.807) is 0 Å². The van der Waals surface area contributed by atoms with E-state index in [-0.39, 0.29) is 5.78 Å². The predicted molar refractivity (Wildman–Crippen MR) is 82.7 cm³/mol. The third-order valence-electron chi connectivity index (χ3n) is 3.31. The first-order valence-electron chi connectivity index (χ1n) is 6.76. The predicted octanol–water partition coefficient (Wildman–Crippen LogP) is 3.44. The lowest BCUT2D eigenvalue weighted by Gasteiger charge is -2.04. The van der Waals surface area contributed by atoms with Crippen LogP contribution in [0, 0.1) is 6.92 Å². The van der Waals surface area contributed by atoms with Crippen LogP contribution >= 0.6 is 0 Å². The molecule has 2 nitrogen and oxygen atoms in total. The zero-order chi connectivity index (χ0) is 14.4. The van der Waals surface area contributed by atoms with Crippen molar-refractivity contribution in [2.45, 2.75) is 19.8 Å². The molecule has 0 spiro atoms. The normalized spacial score (nSPS) is 10.8. The molecular weight excluding hydrogens is 246 g/mol. The zero-order valence-corrected chi connectivity index (χ0v) is 11.7. The van der Waals surface area contributed by atoms with E-state index in [1.165, 1.54) is 29.0 Å². The molecule has 2 aromatic rings. The summed E-state index contributed by atoms with van der Waals surface area (Å²) in [6.45, 7) is 2.09. The molecule has 0 aliphatic heterocycles. The Labute approximate surface area is 119 Å². The number of hydrogen-bond acceptors (Lipinski definition) is 2. The Morgan fingerprint density at radius 2 is 1.45 bits per heavy atom. The van der Waals surface area contributed by atoms with Gasteiger partial charge in [0.15, 0.2) is 5.78 Å². The van der Waals surface area contributed by atoms with Crippen LogP contribution in [0.25, 0.3) is 0 Å². The minimum atomic E-state index is -0.0578. The van der Waals surface area contributed by atoms with Crippen LogP contribution in [0.4, 0.5) is 0 Å². The molecule has 0 aliphatic rings. The molecule has 0 fully saturated rings. The highest BCUT2D eigenvalue weighted by atomic mass is 16.1. The number of benzene rings is 2. The van der Waals surface area contributed by atoms with Crippen molar-refractivity contribution in [2.75, 3.05) is 0 Å². The molecule has 2 rings (SSSR count). The SMILES string of the molecule is Cc1ccc(CCc2ccc(C(=O)/C=C\N)cc2)cc1. The Morgan fingerprint density at radius 3 is 1.95 bits per heavy atom. The van der Waals surface area contributed by atoms with E-state index in [1.807, 2.05) is 24.3 Å². The molecule has 2 N–H and O–H groups in total. The van der Waals surface area contributed by atoms with Gasteiger partial charge in [-0.2, -0.15) is 0 Å². The number of ketones is 1. The molecule has 0 saturated carbocycles. The second-order valence-corrected chi connectivity index (χ2v) is 4.91. The standard InChI is InChI=1S/C18H19NO/c1-14-2-4-15(5-3-14)6-7-16-8-10-17(11-9-16)18(20)12-13-19/h2-5,8-13H,6-7,19H2,1H3/b13-12-. The third-order valence-corrected chi connectivity index (χ3v) is 3.31. The van der Waals surface area contributed by atoms with Crippen LogP contribution in [0.1, 0.15) is 27.0 Å². The molecule has 102 valence electrons.